The molecule has 10 heteroatoms. The van der Waals surface area contributed by atoms with Gasteiger partial charge in [-0.05, 0) is 55.2 Å². The third-order valence-corrected chi connectivity index (χ3v) is 6.58. The number of fused-ring (bicyclic) bond motifs is 2. The molecule has 0 bridgehead atoms. The predicted molar refractivity (Wildman–Crippen MR) is 123 cm³/mol. The molecular formula is C24H24N6O4. The first-order chi connectivity index (χ1) is 16.6. The Morgan fingerprint density at radius 2 is 1.79 bits per heavy atom. The van der Waals surface area contributed by atoms with Crippen LogP contribution < -0.4 is 19.9 Å². The van der Waals surface area contributed by atoms with Crippen LogP contribution in [-0.4, -0.2) is 63.8 Å². The highest BCUT2D eigenvalue weighted by Crippen LogP contribution is 2.35. The predicted octanol–water partition coefficient (Wildman–Crippen LogP) is 1.27. The van der Waals surface area contributed by atoms with Crippen LogP contribution in [0.25, 0.3) is 11.3 Å². The van der Waals surface area contributed by atoms with Gasteiger partial charge in [0.1, 0.15) is 6.54 Å². The standard InChI is InChI=1S/C24H24N6O4/c31-23-7-5-19(17-4-6-20-21(12-17)34-15-33-20)27-30(23)14-24(32)29-10-8-28(9-11-29)22-13-16-2-1-3-18(16)25-26-22/h4-7,12-13H,1-3,8-11,14-15H2. The van der Waals surface area contributed by atoms with Crippen LogP contribution in [0.2, 0.25) is 0 Å². The quantitative estimate of drug-likeness (QED) is 0.574. The summed E-state index contributed by atoms with van der Waals surface area (Å²) in [6, 6.07) is 10.7. The van der Waals surface area contributed by atoms with Gasteiger partial charge in [0, 0.05) is 37.8 Å². The summed E-state index contributed by atoms with van der Waals surface area (Å²) in [6.07, 6.45) is 3.20. The molecule has 2 aliphatic heterocycles. The van der Waals surface area contributed by atoms with E-state index < -0.39 is 0 Å². The zero-order chi connectivity index (χ0) is 23.1. The Balaban J connectivity index is 1.12. The van der Waals surface area contributed by atoms with Crippen LogP contribution in [0.4, 0.5) is 5.82 Å². The zero-order valence-corrected chi connectivity index (χ0v) is 18.6. The van der Waals surface area contributed by atoms with Crippen molar-refractivity contribution in [1.29, 1.82) is 0 Å². The molecule has 4 heterocycles. The number of hydrogen-bond acceptors (Lipinski definition) is 8. The Labute approximate surface area is 195 Å². The van der Waals surface area contributed by atoms with Crippen molar-refractivity contribution in [2.24, 2.45) is 0 Å². The first kappa shape index (κ1) is 20.6. The lowest BCUT2D eigenvalue weighted by Crippen LogP contribution is -2.50. The average Bonchev–Trinajstić information content (AvgIpc) is 3.54. The van der Waals surface area contributed by atoms with Crippen molar-refractivity contribution < 1.29 is 14.3 Å². The maximum atomic E-state index is 13.0. The molecule has 34 heavy (non-hydrogen) atoms. The number of anilines is 1. The van der Waals surface area contributed by atoms with Gasteiger partial charge in [0.2, 0.25) is 12.7 Å². The fourth-order valence-corrected chi connectivity index (χ4v) is 4.66. The molecule has 0 unspecified atom stereocenters. The number of nitrogens with zero attached hydrogens (tertiary/aromatic N) is 6. The van der Waals surface area contributed by atoms with E-state index in [0.717, 1.165) is 36.3 Å². The lowest BCUT2D eigenvalue weighted by Gasteiger charge is -2.35. The van der Waals surface area contributed by atoms with Crippen LogP contribution in [-0.2, 0) is 24.2 Å². The molecule has 3 aliphatic rings. The van der Waals surface area contributed by atoms with Crippen LogP contribution in [0.3, 0.4) is 0 Å². The Hall–Kier alpha value is -3.95. The Bertz CT molecular complexity index is 1320. The number of hydrogen-bond donors (Lipinski definition) is 0. The largest absolute Gasteiger partial charge is 0.454 e. The topological polar surface area (TPSA) is 103 Å². The number of aromatic nitrogens is 4. The summed E-state index contributed by atoms with van der Waals surface area (Å²) in [7, 11) is 0. The maximum absolute atomic E-state index is 13.0. The number of ether oxygens (including phenoxy) is 2. The number of amides is 1. The van der Waals surface area contributed by atoms with E-state index in [1.54, 1.807) is 11.0 Å². The van der Waals surface area contributed by atoms with Crippen molar-refractivity contribution in [3.8, 4) is 22.8 Å². The minimum atomic E-state index is -0.315. The number of carbonyl (C=O) groups excluding carboxylic acids is 1. The summed E-state index contributed by atoms with van der Waals surface area (Å²) in [5.41, 5.74) is 3.46. The fourth-order valence-electron chi connectivity index (χ4n) is 4.66. The Morgan fingerprint density at radius 3 is 2.68 bits per heavy atom. The third-order valence-electron chi connectivity index (χ3n) is 6.58. The highest BCUT2D eigenvalue weighted by molar-refractivity contribution is 5.76. The van der Waals surface area contributed by atoms with Crippen LogP contribution in [0, 0.1) is 0 Å². The first-order valence-electron chi connectivity index (χ1n) is 11.5. The van der Waals surface area contributed by atoms with Gasteiger partial charge in [0.25, 0.3) is 5.56 Å². The summed E-state index contributed by atoms with van der Waals surface area (Å²) >= 11 is 0. The van der Waals surface area contributed by atoms with Crippen LogP contribution in [0.5, 0.6) is 11.5 Å². The molecule has 0 atom stereocenters. The number of benzene rings is 1. The fraction of sp³-hybridized carbons (Fsp3) is 0.375. The highest BCUT2D eigenvalue weighted by Gasteiger charge is 2.24. The van der Waals surface area contributed by atoms with E-state index in [9.17, 15) is 9.59 Å². The molecule has 10 nitrogen and oxygen atoms in total. The summed E-state index contributed by atoms with van der Waals surface area (Å²) in [4.78, 5) is 29.3. The zero-order valence-electron chi connectivity index (χ0n) is 18.6. The summed E-state index contributed by atoms with van der Waals surface area (Å²) in [5, 5.41) is 13.2. The van der Waals surface area contributed by atoms with E-state index in [0.29, 0.717) is 43.4 Å². The van der Waals surface area contributed by atoms with Crippen LogP contribution >= 0.6 is 0 Å². The van der Waals surface area contributed by atoms with Crippen LogP contribution in [0.15, 0.2) is 41.2 Å². The maximum Gasteiger partial charge on any atom is 0.267 e. The van der Waals surface area contributed by atoms with Gasteiger partial charge in [-0.2, -0.15) is 10.2 Å². The second-order valence-electron chi connectivity index (χ2n) is 8.68. The second-order valence-corrected chi connectivity index (χ2v) is 8.68. The van der Waals surface area contributed by atoms with Crippen molar-refractivity contribution in [3.63, 3.8) is 0 Å². The van der Waals surface area contributed by atoms with Gasteiger partial charge in [-0.3, -0.25) is 9.59 Å². The Morgan fingerprint density at radius 1 is 0.941 bits per heavy atom. The molecular weight excluding hydrogens is 436 g/mol. The molecule has 3 aromatic rings. The van der Waals surface area contributed by atoms with Gasteiger partial charge >= 0.3 is 0 Å². The molecule has 1 aliphatic carbocycles. The van der Waals surface area contributed by atoms with Crippen molar-refractivity contribution in [3.05, 3.63) is 58.0 Å². The molecule has 174 valence electrons. The van der Waals surface area contributed by atoms with Crippen molar-refractivity contribution in [2.75, 3.05) is 37.9 Å². The molecule has 0 radical (unpaired) electrons. The smallest absolute Gasteiger partial charge is 0.267 e. The molecule has 1 aromatic carbocycles. The molecule has 6 rings (SSSR count). The number of rotatable bonds is 4. The minimum absolute atomic E-state index is 0.101. The summed E-state index contributed by atoms with van der Waals surface area (Å²) in [5.74, 6) is 2.07. The molecule has 0 spiro atoms. The molecule has 0 saturated carbocycles. The van der Waals surface area contributed by atoms with Crippen LogP contribution in [0.1, 0.15) is 17.7 Å². The third kappa shape index (κ3) is 3.85. The van der Waals surface area contributed by atoms with E-state index in [1.807, 2.05) is 18.2 Å². The van der Waals surface area contributed by atoms with Gasteiger partial charge in [-0.1, -0.05) is 0 Å². The summed E-state index contributed by atoms with van der Waals surface area (Å²) in [6.45, 7) is 2.57. The normalized spacial score (nSPS) is 16.6. The van der Waals surface area contributed by atoms with Crippen molar-refractivity contribution >= 4 is 11.7 Å². The van der Waals surface area contributed by atoms with Gasteiger partial charge in [-0.25, -0.2) is 4.68 Å². The SMILES string of the molecule is O=C(Cn1nc(-c2ccc3c(c2)OCO3)ccc1=O)N1CCN(c2cc3c(nn2)CCC3)CC1. The van der Waals surface area contributed by atoms with E-state index >= 15 is 0 Å². The van der Waals surface area contributed by atoms with Gasteiger partial charge in [-0.15, -0.1) is 5.10 Å². The molecule has 0 N–H and O–H groups in total. The molecule has 1 saturated heterocycles. The monoisotopic (exact) mass is 460 g/mol. The number of aryl methyl sites for hydroxylation is 2. The summed E-state index contributed by atoms with van der Waals surface area (Å²) < 4.78 is 12.0. The van der Waals surface area contributed by atoms with E-state index in [1.165, 1.54) is 16.3 Å². The lowest BCUT2D eigenvalue weighted by molar-refractivity contribution is -0.132. The number of carbonyl (C=O) groups is 1. The van der Waals surface area contributed by atoms with Crippen molar-refractivity contribution in [1.82, 2.24) is 24.9 Å². The van der Waals surface area contributed by atoms with Gasteiger partial charge < -0.3 is 19.3 Å². The molecule has 1 fully saturated rings. The number of piperazine rings is 1. The highest BCUT2D eigenvalue weighted by atomic mass is 16.7. The average molecular weight is 460 g/mol. The molecule has 1 amide bonds. The minimum Gasteiger partial charge on any atom is -0.454 e. The molecule has 2 aromatic heterocycles. The lowest BCUT2D eigenvalue weighted by atomic mass is 10.1. The van der Waals surface area contributed by atoms with E-state index in [-0.39, 0.29) is 24.8 Å². The van der Waals surface area contributed by atoms with Gasteiger partial charge in [0.15, 0.2) is 17.3 Å². The van der Waals surface area contributed by atoms with Gasteiger partial charge in [0.05, 0.1) is 11.4 Å². The van der Waals surface area contributed by atoms with E-state index in [4.69, 9.17) is 9.47 Å². The van der Waals surface area contributed by atoms with Crippen molar-refractivity contribution in [2.45, 2.75) is 25.8 Å². The van der Waals surface area contributed by atoms with E-state index in [2.05, 4.69) is 26.3 Å². The Kier molecular flexibility index (Phi) is 5.12. The first-order valence-corrected chi connectivity index (χ1v) is 11.5. The second kappa shape index (κ2) is 8.44.